The Morgan fingerprint density at radius 2 is 1.97 bits per heavy atom. The van der Waals surface area contributed by atoms with Gasteiger partial charge in [0.2, 0.25) is 0 Å². The fourth-order valence-electron chi connectivity index (χ4n) is 3.79. The zero-order valence-corrected chi connectivity index (χ0v) is 18.9. The number of aromatic nitrogens is 1. The molecule has 0 aliphatic carbocycles. The SMILES string of the molecule is COCCN1C(=O)c2ccccc2Sc2cc(NC(=O)c3ccc4oc(C)nc4c3)ccc21. The van der Waals surface area contributed by atoms with E-state index in [1.165, 1.54) is 11.8 Å². The molecule has 7 nitrogen and oxygen atoms in total. The molecule has 5 rings (SSSR count). The number of hydrogen-bond donors (Lipinski definition) is 1. The van der Waals surface area contributed by atoms with Crippen molar-refractivity contribution in [1.29, 1.82) is 0 Å². The number of anilines is 2. The van der Waals surface area contributed by atoms with Gasteiger partial charge in [0, 0.05) is 41.6 Å². The van der Waals surface area contributed by atoms with Crippen LogP contribution in [-0.4, -0.2) is 37.1 Å². The molecule has 1 N–H and O–H groups in total. The van der Waals surface area contributed by atoms with Crippen molar-refractivity contribution in [2.75, 3.05) is 30.5 Å². The number of carbonyl (C=O) groups excluding carboxylic acids is 2. The third-order valence-corrected chi connectivity index (χ3v) is 6.49. The van der Waals surface area contributed by atoms with Gasteiger partial charge >= 0.3 is 0 Å². The molecule has 3 aromatic carbocycles. The van der Waals surface area contributed by atoms with Crippen LogP contribution in [0.4, 0.5) is 11.4 Å². The normalized spacial score (nSPS) is 12.9. The van der Waals surface area contributed by atoms with E-state index in [0.29, 0.717) is 47.0 Å². The third kappa shape index (κ3) is 4.10. The van der Waals surface area contributed by atoms with E-state index in [2.05, 4.69) is 10.3 Å². The molecule has 0 spiro atoms. The van der Waals surface area contributed by atoms with Crippen LogP contribution in [0.5, 0.6) is 0 Å². The van der Waals surface area contributed by atoms with Crippen LogP contribution in [0.3, 0.4) is 0 Å². The Morgan fingerprint density at radius 3 is 2.82 bits per heavy atom. The first-order valence-electron chi connectivity index (χ1n) is 10.4. The van der Waals surface area contributed by atoms with Crippen LogP contribution in [0.25, 0.3) is 11.1 Å². The van der Waals surface area contributed by atoms with Crippen LogP contribution in [-0.2, 0) is 4.74 Å². The number of benzene rings is 3. The van der Waals surface area contributed by atoms with Gasteiger partial charge in [-0.2, -0.15) is 0 Å². The molecule has 1 aliphatic heterocycles. The topological polar surface area (TPSA) is 84.7 Å². The minimum Gasteiger partial charge on any atom is -0.441 e. The number of nitrogens with zero attached hydrogens (tertiary/aromatic N) is 2. The fraction of sp³-hybridized carbons (Fsp3) is 0.160. The van der Waals surface area contributed by atoms with Gasteiger partial charge in [-0.25, -0.2) is 4.98 Å². The summed E-state index contributed by atoms with van der Waals surface area (Å²) in [5, 5.41) is 2.95. The first kappa shape index (κ1) is 21.2. The second kappa shape index (κ2) is 8.73. The molecule has 0 radical (unpaired) electrons. The summed E-state index contributed by atoms with van der Waals surface area (Å²) in [6.07, 6.45) is 0. The van der Waals surface area contributed by atoms with Crippen molar-refractivity contribution in [2.24, 2.45) is 0 Å². The molecular weight excluding hydrogens is 438 g/mol. The zero-order chi connectivity index (χ0) is 22.9. The number of carbonyl (C=O) groups is 2. The molecule has 2 heterocycles. The second-order valence-electron chi connectivity index (χ2n) is 7.60. The second-order valence-corrected chi connectivity index (χ2v) is 8.68. The Bertz CT molecular complexity index is 1380. The lowest BCUT2D eigenvalue weighted by molar-refractivity contribution is 0.0972. The highest BCUT2D eigenvalue weighted by Gasteiger charge is 2.27. The minimum absolute atomic E-state index is 0.0677. The fourth-order valence-corrected chi connectivity index (χ4v) is 4.91. The molecular formula is C25H21N3O4S. The maximum atomic E-state index is 13.2. The van der Waals surface area contributed by atoms with Crippen LogP contribution in [0.2, 0.25) is 0 Å². The summed E-state index contributed by atoms with van der Waals surface area (Å²) in [6.45, 7) is 2.62. The average molecular weight is 460 g/mol. The van der Waals surface area contributed by atoms with Crippen molar-refractivity contribution in [2.45, 2.75) is 16.7 Å². The van der Waals surface area contributed by atoms with E-state index in [1.807, 2.05) is 36.4 Å². The summed E-state index contributed by atoms with van der Waals surface area (Å²) in [4.78, 5) is 33.9. The summed E-state index contributed by atoms with van der Waals surface area (Å²) in [6, 6.07) is 18.3. The summed E-state index contributed by atoms with van der Waals surface area (Å²) < 4.78 is 10.7. The van der Waals surface area contributed by atoms with Gasteiger partial charge in [-0.3, -0.25) is 9.59 Å². The zero-order valence-electron chi connectivity index (χ0n) is 18.1. The summed E-state index contributed by atoms with van der Waals surface area (Å²) in [7, 11) is 1.61. The van der Waals surface area contributed by atoms with E-state index in [0.717, 1.165) is 15.5 Å². The largest absolute Gasteiger partial charge is 0.441 e. The van der Waals surface area contributed by atoms with E-state index in [9.17, 15) is 9.59 Å². The Labute approximate surface area is 194 Å². The number of aryl methyl sites for hydroxylation is 1. The molecule has 0 saturated heterocycles. The Hall–Kier alpha value is -3.62. The maximum absolute atomic E-state index is 13.2. The predicted molar refractivity (Wildman–Crippen MR) is 127 cm³/mol. The van der Waals surface area contributed by atoms with Crippen LogP contribution >= 0.6 is 11.8 Å². The lowest BCUT2D eigenvalue weighted by atomic mass is 10.1. The van der Waals surface area contributed by atoms with E-state index >= 15 is 0 Å². The molecule has 0 bridgehead atoms. The van der Waals surface area contributed by atoms with Crippen LogP contribution in [0.15, 0.2) is 74.9 Å². The average Bonchev–Trinajstić information content (AvgIpc) is 3.14. The number of ether oxygens (including phenoxy) is 1. The van der Waals surface area contributed by atoms with Gasteiger partial charge in [-0.05, 0) is 48.5 Å². The van der Waals surface area contributed by atoms with Crippen molar-refractivity contribution in [3.63, 3.8) is 0 Å². The molecule has 166 valence electrons. The van der Waals surface area contributed by atoms with Crippen molar-refractivity contribution in [1.82, 2.24) is 4.98 Å². The summed E-state index contributed by atoms with van der Waals surface area (Å²) >= 11 is 1.51. The molecule has 33 heavy (non-hydrogen) atoms. The van der Waals surface area contributed by atoms with E-state index in [1.54, 1.807) is 43.2 Å². The smallest absolute Gasteiger partial charge is 0.259 e. The van der Waals surface area contributed by atoms with Crippen molar-refractivity contribution in [3.8, 4) is 0 Å². The molecule has 8 heteroatoms. The molecule has 1 aromatic heterocycles. The Kier molecular flexibility index (Phi) is 5.62. The summed E-state index contributed by atoms with van der Waals surface area (Å²) in [5.74, 6) is 0.240. The van der Waals surface area contributed by atoms with E-state index < -0.39 is 0 Å². The Morgan fingerprint density at radius 1 is 1.12 bits per heavy atom. The number of amides is 2. The van der Waals surface area contributed by atoms with Gasteiger partial charge < -0.3 is 19.4 Å². The lowest BCUT2D eigenvalue weighted by Gasteiger charge is -2.23. The standard InChI is InChI=1S/C25H21N3O4S/c1-15-26-19-13-16(7-10-21(19)32-15)24(29)27-17-8-9-20-23(14-17)33-22-6-4-3-5-18(22)25(30)28(20)11-12-31-2/h3-10,13-14H,11-12H2,1-2H3,(H,27,29). The number of methoxy groups -OCH3 is 1. The number of oxazole rings is 1. The molecule has 2 amide bonds. The number of hydrogen-bond acceptors (Lipinski definition) is 6. The van der Waals surface area contributed by atoms with E-state index in [-0.39, 0.29) is 11.8 Å². The number of rotatable bonds is 5. The third-order valence-electron chi connectivity index (χ3n) is 5.37. The highest BCUT2D eigenvalue weighted by molar-refractivity contribution is 7.99. The van der Waals surface area contributed by atoms with Gasteiger partial charge in [0.1, 0.15) is 5.52 Å². The van der Waals surface area contributed by atoms with Crippen LogP contribution in [0, 0.1) is 6.92 Å². The van der Waals surface area contributed by atoms with Gasteiger partial charge in [-0.15, -0.1) is 0 Å². The van der Waals surface area contributed by atoms with Crippen molar-refractivity contribution >= 4 is 46.1 Å². The van der Waals surface area contributed by atoms with Gasteiger partial charge in [-0.1, -0.05) is 23.9 Å². The van der Waals surface area contributed by atoms with Crippen molar-refractivity contribution in [3.05, 3.63) is 77.7 Å². The number of fused-ring (bicyclic) bond motifs is 3. The van der Waals surface area contributed by atoms with Gasteiger partial charge in [0.25, 0.3) is 11.8 Å². The number of nitrogens with one attached hydrogen (secondary N) is 1. The predicted octanol–water partition coefficient (Wildman–Crippen LogP) is 5.15. The minimum atomic E-state index is -0.246. The monoisotopic (exact) mass is 459 g/mol. The van der Waals surface area contributed by atoms with Crippen molar-refractivity contribution < 1.29 is 18.7 Å². The highest BCUT2D eigenvalue weighted by atomic mass is 32.2. The molecule has 4 aromatic rings. The molecule has 0 fully saturated rings. The molecule has 1 aliphatic rings. The van der Waals surface area contributed by atoms with E-state index in [4.69, 9.17) is 9.15 Å². The maximum Gasteiger partial charge on any atom is 0.259 e. The van der Waals surface area contributed by atoms with Gasteiger partial charge in [0.05, 0.1) is 17.9 Å². The lowest BCUT2D eigenvalue weighted by Crippen LogP contribution is -2.33. The van der Waals surface area contributed by atoms with Crippen LogP contribution < -0.4 is 10.2 Å². The molecule has 0 saturated carbocycles. The highest BCUT2D eigenvalue weighted by Crippen LogP contribution is 2.42. The summed E-state index contributed by atoms with van der Waals surface area (Å²) in [5.41, 5.74) is 3.85. The van der Waals surface area contributed by atoms with Crippen LogP contribution in [0.1, 0.15) is 26.6 Å². The van der Waals surface area contributed by atoms with Gasteiger partial charge in [0.15, 0.2) is 11.5 Å². The Balaban J connectivity index is 1.47. The molecule has 0 atom stereocenters. The quantitative estimate of drug-likeness (QED) is 0.445. The molecule has 0 unspecified atom stereocenters. The first-order chi connectivity index (χ1) is 16.0. The first-order valence-corrected chi connectivity index (χ1v) is 11.3.